The van der Waals surface area contributed by atoms with Gasteiger partial charge in [0.05, 0.1) is 24.0 Å². The van der Waals surface area contributed by atoms with E-state index in [2.05, 4.69) is 4.98 Å². The number of nitrogens with zero attached hydrogens (tertiary/aromatic N) is 3. The highest BCUT2D eigenvalue weighted by atomic mass is 35.5. The minimum atomic E-state index is -3.71. The molecule has 1 N–H and O–H groups in total. The van der Waals surface area contributed by atoms with Crippen molar-refractivity contribution in [3.8, 4) is 0 Å². The number of rotatable bonds is 6. The van der Waals surface area contributed by atoms with E-state index in [0.717, 1.165) is 10.6 Å². The predicted octanol–water partition coefficient (Wildman–Crippen LogP) is -0.0778. The molecule has 1 aliphatic rings. The van der Waals surface area contributed by atoms with Crippen LogP contribution in [-0.2, 0) is 19.6 Å². The van der Waals surface area contributed by atoms with Crippen LogP contribution in [0.4, 0.5) is 0 Å². The van der Waals surface area contributed by atoms with E-state index in [4.69, 9.17) is 21.4 Å². The van der Waals surface area contributed by atoms with Crippen LogP contribution in [0.2, 0.25) is 5.02 Å². The molecule has 1 amide bonds. The first kappa shape index (κ1) is 19.6. The number of amides is 1. The van der Waals surface area contributed by atoms with Crippen molar-refractivity contribution in [1.82, 2.24) is 14.2 Å². The van der Waals surface area contributed by atoms with Gasteiger partial charge in [0.25, 0.3) is 5.91 Å². The lowest BCUT2D eigenvalue weighted by Gasteiger charge is -2.34. The summed E-state index contributed by atoms with van der Waals surface area (Å²) in [5.74, 6) is -1.59. The van der Waals surface area contributed by atoms with E-state index >= 15 is 0 Å². The number of aliphatic carboxylic acids is 1. The van der Waals surface area contributed by atoms with Crippen molar-refractivity contribution >= 4 is 33.5 Å². The minimum absolute atomic E-state index is 0.134. The van der Waals surface area contributed by atoms with E-state index in [9.17, 15) is 18.0 Å². The van der Waals surface area contributed by atoms with Gasteiger partial charge in [-0.15, -0.1) is 0 Å². The number of sulfonamides is 1. The maximum Gasteiger partial charge on any atom is 0.318 e. The van der Waals surface area contributed by atoms with Crippen LogP contribution in [0.15, 0.2) is 18.3 Å². The number of pyridine rings is 1. The summed E-state index contributed by atoms with van der Waals surface area (Å²) in [6.45, 7) is -0.130. The zero-order valence-corrected chi connectivity index (χ0v) is 15.0. The Morgan fingerprint density at radius 2 is 2.20 bits per heavy atom. The van der Waals surface area contributed by atoms with Gasteiger partial charge in [-0.2, -0.15) is 4.31 Å². The molecule has 1 saturated heterocycles. The molecule has 11 heteroatoms. The number of carboxylic acid groups (broad SMARTS) is 1. The van der Waals surface area contributed by atoms with Crippen LogP contribution >= 0.6 is 11.6 Å². The number of carboxylic acids is 1. The summed E-state index contributed by atoms with van der Waals surface area (Å²) in [6.07, 6.45) is 1.67. The second-order valence-corrected chi connectivity index (χ2v) is 7.97. The second kappa shape index (κ2) is 8.09. The predicted molar refractivity (Wildman–Crippen MR) is 88.9 cm³/mol. The standard InChI is InChI=1S/C14H18ClN3O6S/c1-25(22,23)18(9-13(19)20)8-11-7-17(4-5-24-11)14(21)12-3-2-10(15)6-16-12/h2-3,6,11H,4-5,7-9H2,1H3,(H,19,20)/t11-/m1/s1. The number of ether oxygens (including phenoxy) is 1. The fourth-order valence-corrected chi connectivity index (χ4v) is 3.27. The summed E-state index contributed by atoms with van der Waals surface area (Å²) in [5.41, 5.74) is 0.218. The van der Waals surface area contributed by atoms with Gasteiger partial charge in [0.1, 0.15) is 12.2 Å². The molecule has 25 heavy (non-hydrogen) atoms. The van der Waals surface area contributed by atoms with Crippen LogP contribution in [0, 0.1) is 0 Å². The van der Waals surface area contributed by atoms with Crippen LogP contribution in [0.5, 0.6) is 0 Å². The first-order valence-electron chi connectivity index (χ1n) is 7.36. The SMILES string of the molecule is CS(=O)(=O)N(CC(=O)O)C[C@H]1CN(C(=O)c2ccc(Cl)cn2)CCO1. The van der Waals surface area contributed by atoms with E-state index in [1.54, 1.807) is 6.07 Å². The molecule has 0 bridgehead atoms. The molecule has 1 aromatic heterocycles. The number of aromatic nitrogens is 1. The molecule has 0 spiro atoms. The number of morpholine rings is 1. The lowest BCUT2D eigenvalue weighted by atomic mass is 10.2. The molecule has 0 unspecified atom stereocenters. The van der Waals surface area contributed by atoms with Crippen LogP contribution in [0.25, 0.3) is 0 Å². The molecule has 1 fully saturated rings. The van der Waals surface area contributed by atoms with Gasteiger partial charge in [0, 0.05) is 25.8 Å². The monoisotopic (exact) mass is 391 g/mol. The largest absolute Gasteiger partial charge is 0.480 e. The Hall–Kier alpha value is -1.75. The van der Waals surface area contributed by atoms with E-state index in [1.807, 2.05) is 0 Å². The molecule has 138 valence electrons. The van der Waals surface area contributed by atoms with Crippen molar-refractivity contribution in [3.63, 3.8) is 0 Å². The second-order valence-electron chi connectivity index (χ2n) is 5.55. The topological polar surface area (TPSA) is 117 Å². The average molecular weight is 392 g/mol. The zero-order valence-electron chi connectivity index (χ0n) is 13.5. The number of carbonyl (C=O) groups excluding carboxylic acids is 1. The maximum atomic E-state index is 12.5. The summed E-state index contributed by atoms with van der Waals surface area (Å²) in [4.78, 5) is 28.8. The van der Waals surface area contributed by atoms with E-state index in [-0.39, 0.29) is 31.3 Å². The van der Waals surface area contributed by atoms with E-state index in [1.165, 1.54) is 17.2 Å². The lowest BCUT2D eigenvalue weighted by molar-refractivity contribution is -0.137. The molecule has 2 rings (SSSR count). The van der Waals surface area contributed by atoms with E-state index in [0.29, 0.717) is 11.6 Å². The molecule has 9 nitrogen and oxygen atoms in total. The first-order valence-corrected chi connectivity index (χ1v) is 9.59. The molecule has 1 aliphatic heterocycles. The molecule has 0 saturated carbocycles. The van der Waals surface area contributed by atoms with E-state index < -0.39 is 28.6 Å². The molecule has 1 aromatic rings. The number of hydrogen-bond donors (Lipinski definition) is 1. The van der Waals surface area contributed by atoms with Gasteiger partial charge >= 0.3 is 5.97 Å². The van der Waals surface area contributed by atoms with Gasteiger partial charge in [-0.05, 0) is 12.1 Å². The Morgan fingerprint density at radius 3 is 2.76 bits per heavy atom. The van der Waals surface area contributed by atoms with Gasteiger partial charge in [-0.25, -0.2) is 13.4 Å². The third-order valence-electron chi connectivity index (χ3n) is 3.56. The molecular weight excluding hydrogens is 374 g/mol. The highest BCUT2D eigenvalue weighted by Crippen LogP contribution is 2.13. The molecule has 0 radical (unpaired) electrons. The van der Waals surface area contributed by atoms with Crippen molar-refractivity contribution in [2.45, 2.75) is 6.10 Å². The molecule has 2 heterocycles. The quantitative estimate of drug-likeness (QED) is 0.720. The van der Waals surface area contributed by atoms with Crippen molar-refractivity contribution in [1.29, 1.82) is 0 Å². The minimum Gasteiger partial charge on any atom is -0.480 e. The van der Waals surface area contributed by atoms with Crippen LogP contribution in [0.3, 0.4) is 0 Å². The van der Waals surface area contributed by atoms with Crippen LogP contribution in [0.1, 0.15) is 10.5 Å². The summed E-state index contributed by atoms with van der Waals surface area (Å²) < 4.78 is 29.7. The molecular formula is C14H18ClN3O6S. The highest BCUT2D eigenvalue weighted by Gasteiger charge is 2.30. The van der Waals surface area contributed by atoms with Gasteiger partial charge in [0.15, 0.2) is 0 Å². The first-order chi connectivity index (χ1) is 11.7. The third kappa shape index (κ3) is 5.63. The Labute approximate surface area is 150 Å². The van der Waals surface area contributed by atoms with Crippen LogP contribution in [-0.4, -0.2) is 84.7 Å². The van der Waals surface area contributed by atoms with Gasteiger partial charge < -0.3 is 14.7 Å². The summed E-state index contributed by atoms with van der Waals surface area (Å²) in [7, 11) is -3.71. The Balaban J connectivity index is 2.05. The van der Waals surface area contributed by atoms with Crippen molar-refractivity contribution in [2.75, 3.05) is 39.0 Å². The third-order valence-corrected chi connectivity index (χ3v) is 5.00. The highest BCUT2D eigenvalue weighted by molar-refractivity contribution is 7.88. The van der Waals surface area contributed by atoms with Gasteiger partial charge in [0.2, 0.25) is 10.0 Å². The van der Waals surface area contributed by atoms with Crippen molar-refractivity contribution in [2.24, 2.45) is 0 Å². The molecule has 1 atom stereocenters. The van der Waals surface area contributed by atoms with Crippen LogP contribution < -0.4 is 0 Å². The Morgan fingerprint density at radius 1 is 1.48 bits per heavy atom. The van der Waals surface area contributed by atoms with Gasteiger partial charge in [-0.3, -0.25) is 9.59 Å². The fraction of sp³-hybridized carbons (Fsp3) is 0.500. The number of carbonyl (C=O) groups is 2. The summed E-state index contributed by atoms with van der Waals surface area (Å²) in [6, 6.07) is 3.06. The maximum absolute atomic E-state index is 12.5. The number of halogens is 1. The lowest BCUT2D eigenvalue weighted by Crippen LogP contribution is -2.51. The van der Waals surface area contributed by atoms with Gasteiger partial charge in [-0.1, -0.05) is 11.6 Å². The average Bonchev–Trinajstić information content (AvgIpc) is 2.53. The smallest absolute Gasteiger partial charge is 0.318 e. The zero-order chi connectivity index (χ0) is 18.6. The van der Waals surface area contributed by atoms with Crippen molar-refractivity contribution < 1.29 is 27.9 Å². The fourth-order valence-electron chi connectivity index (χ4n) is 2.37. The summed E-state index contributed by atoms with van der Waals surface area (Å²) >= 11 is 5.75. The number of hydrogen-bond acceptors (Lipinski definition) is 6. The Bertz CT molecular complexity index is 739. The molecule has 0 aliphatic carbocycles. The Kier molecular flexibility index (Phi) is 6.33. The summed E-state index contributed by atoms with van der Waals surface area (Å²) in [5, 5.41) is 9.27. The molecule has 0 aromatic carbocycles. The van der Waals surface area contributed by atoms with Crippen molar-refractivity contribution in [3.05, 3.63) is 29.0 Å². The normalized spacial score (nSPS) is 18.4.